The predicted molar refractivity (Wildman–Crippen MR) is 127 cm³/mol. The maximum atomic E-state index is 12.7. The molecule has 2 aromatic rings. The minimum Gasteiger partial charge on any atom is -0.478 e. The van der Waals surface area contributed by atoms with Crippen molar-refractivity contribution in [3.8, 4) is 11.1 Å². The van der Waals surface area contributed by atoms with Crippen LogP contribution >= 0.6 is 11.6 Å². The molecule has 1 aliphatic heterocycles. The molecule has 1 unspecified atom stereocenters. The molecule has 1 heterocycles. The van der Waals surface area contributed by atoms with E-state index >= 15 is 0 Å². The van der Waals surface area contributed by atoms with E-state index in [0.717, 1.165) is 16.0 Å². The highest BCUT2D eigenvalue weighted by atomic mass is 35.5. The van der Waals surface area contributed by atoms with E-state index in [0.29, 0.717) is 17.7 Å². The number of urea groups is 1. The number of amides is 4. The normalized spacial score (nSPS) is 18.6. The summed E-state index contributed by atoms with van der Waals surface area (Å²) in [5.41, 5.74) is 3.08. The van der Waals surface area contributed by atoms with Crippen molar-refractivity contribution in [2.45, 2.75) is 11.8 Å². The predicted octanol–water partition coefficient (Wildman–Crippen LogP) is 3.51. The van der Waals surface area contributed by atoms with E-state index in [9.17, 15) is 19.2 Å². The van der Waals surface area contributed by atoms with Crippen molar-refractivity contribution < 1.29 is 24.3 Å². The number of rotatable bonds is 6. The van der Waals surface area contributed by atoms with Crippen LogP contribution in [0.4, 0.5) is 4.79 Å². The molecule has 0 aromatic heterocycles. The Morgan fingerprint density at radius 2 is 1.91 bits per heavy atom. The molecule has 4 amide bonds. The zero-order valence-corrected chi connectivity index (χ0v) is 18.6. The van der Waals surface area contributed by atoms with Crippen LogP contribution < -0.4 is 10.6 Å². The van der Waals surface area contributed by atoms with Gasteiger partial charge in [0.25, 0.3) is 5.91 Å². The fourth-order valence-corrected chi connectivity index (χ4v) is 3.69. The van der Waals surface area contributed by atoms with Crippen molar-refractivity contribution in [1.29, 1.82) is 0 Å². The van der Waals surface area contributed by atoms with Crippen LogP contribution in [0.5, 0.6) is 0 Å². The third kappa shape index (κ3) is 5.24. The van der Waals surface area contributed by atoms with E-state index in [2.05, 4.69) is 10.6 Å². The number of benzene rings is 2. The average molecular weight is 478 g/mol. The summed E-state index contributed by atoms with van der Waals surface area (Å²) >= 11 is 5.96. The lowest BCUT2D eigenvalue weighted by Crippen LogP contribution is -2.40. The van der Waals surface area contributed by atoms with Gasteiger partial charge in [0.2, 0.25) is 5.91 Å². The van der Waals surface area contributed by atoms with Crippen molar-refractivity contribution in [2.24, 2.45) is 0 Å². The highest BCUT2D eigenvalue weighted by molar-refractivity contribution is 6.22. The van der Waals surface area contributed by atoms with Crippen molar-refractivity contribution in [3.05, 3.63) is 89.3 Å². The average Bonchev–Trinajstić information content (AvgIpc) is 3.08. The number of alkyl halides is 1. The largest absolute Gasteiger partial charge is 0.478 e. The second-order valence-corrected chi connectivity index (χ2v) is 8.27. The third-order valence-corrected chi connectivity index (χ3v) is 5.58. The first kappa shape index (κ1) is 23.0. The molecule has 1 aliphatic carbocycles. The summed E-state index contributed by atoms with van der Waals surface area (Å²) < 4.78 is 0. The first-order chi connectivity index (χ1) is 16.3. The van der Waals surface area contributed by atoms with Crippen LogP contribution in [-0.2, 0) is 9.59 Å². The lowest BCUT2D eigenvalue weighted by molar-refractivity contribution is -0.129. The summed E-state index contributed by atoms with van der Waals surface area (Å²) in [6.07, 6.45) is 7.31. The van der Waals surface area contributed by atoms with E-state index in [1.807, 2.05) is 12.1 Å². The van der Waals surface area contributed by atoms with Crippen molar-refractivity contribution >= 4 is 41.5 Å². The molecular formula is C25H20ClN3O5. The van der Waals surface area contributed by atoms with Gasteiger partial charge in [-0.2, -0.15) is 0 Å². The Kier molecular flexibility index (Phi) is 6.60. The number of hydrogen-bond acceptors (Lipinski definition) is 4. The molecule has 0 saturated carbocycles. The lowest BCUT2D eigenvalue weighted by Gasteiger charge is -2.14. The monoisotopic (exact) mass is 477 g/mol. The fourth-order valence-electron chi connectivity index (χ4n) is 3.53. The van der Waals surface area contributed by atoms with E-state index in [1.165, 1.54) is 18.2 Å². The van der Waals surface area contributed by atoms with Gasteiger partial charge >= 0.3 is 12.0 Å². The Balaban J connectivity index is 1.45. The molecule has 1 fully saturated rings. The highest BCUT2D eigenvalue weighted by Gasteiger charge is 2.35. The maximum Gasteiger partial charge on any atom is 0.335 e. The SMILES string of the molecule is O=C(CN1C(=O)NC(=Cc2cccc(-c3ccc(C(=O)O)cc3)c2)C1=O)NC1=CCC(Cl)C=C1. The number of halogens is 1. The van der Waals surface area contributed by atoms with Crippen molar-refractivity contribution in [1.82, 2.24) is 15.5 Å². The summed E-state index contributed by atoms with van der Waals surface area (Å²) in [7, 11) is 0. The summed E-state index contributed by atoms with van der Waals surface area (Å²) in [6, 6.07) is 13.0. The van der Waals surface area contributed by atoms with Crippen LogP contribution in [0.3, 0.4) is 0 Å². The van der Waals surface area contributed by atoms with Gasteiger partial charge < -0.3 is 15.7 Å². The van der Waals surface area contributed by atoms with Crippen LogP contribution in [0.2, 0.25) is 0 Å². The number of carboxylic acid groups (broad SMARTS) is 1. The van der Waals surface area contributed by atoms with Crippen LogP contribution in [0.1, 0.15) is 22.3 Å². The molecule has 2 aromatic carbocycles. The minimum atomic E-state index is -1.01. The topological polar surface area (TPSA) is 116 Å². The molecular weight excluding hydrogens is 458 g/mol. The lowest BCUT2D eigenvalue weighted by atomic mass is 10.0. The number of carbonyl (C=O) groups is 4. The number of carbonyl (C=O) groups excluding carboxylic acids is 3. The Morgan fingerprint density at radius 1 is 1.15 bits per heavy atom. The van der Waals surface area contributed by atoms with Gasteiger partial charge in [-0.3, -0.25) is 9.59 Å². The zero-order chi connectivity index (χ0) is 24.2. The van der Waals surface area contributed by atoms with Gasteiger partial charge in [-0.25, -0.2) is 14.5 Å². The van der Waals surface area contributed by atoms with Crippen LogP contribution in [0, 0.1) is 0 Å². The van der Waals surface area contributed by atoms with Gasteiger partial charge in [0.05, 0.1) is 10.9 Å². The van der Waals surface area contributed by atoms with Gasteiger partial charge in [0, 0.05) is 5.70 Å². The quantitative estimate of drug-likeness (QED) is 0.334. The number of hydrogen-bond donors (Lipinski definition) is 3. The first-order valence-electron chi connectivity index (χ1n) is 10.4. The number of imide groups is 1. The molecule has 1 atom stereocenters. The van der Waals surface area contributed by atoms with Gasteiger partial charge in [-0.05, 0) is 53.5 Å². The van der Waals surface area contributed by atoms with Crippen LogP contribution in [0.25, 0.3) is 17.2 Å². The molecule has 3 N–H and O–H groups in total. The number of allylic oxidation sites excluding steroid dienone is 3. The van der Waals surface area contributed by atoms with Gasteiger partial charge in [0.1, 0.15) is 12.2 Å². The summed E-state index contributed by atoms with van der Waals surface area (Å²) in [5.74, 6) is -2.11. The summed E-state index contributed by atoms with van der Waals surface area (Å²) in [6.45, 7) is -0.423. The fraction of sp³-hybridized carbons (Fsp3) is 0.120. The second kappa shape index (κ2) is 9.76. The Labute approximate surface area is 200 Å². The summed E-state index contributed by atoms with van der Waals surface area (Å²) in [4.78, 5) is 49.3. The molecule has 1 saturated heterocycles. The summed E-state index contributed by atoms with van der Waals surface area (Å²) in [5, 5.41) is 14.1. The molecule has 2 aliphatic rings. The number of nitrogens with one attached hydrogen (secondary N) is 2. The molecule has 0 spiro atoms. The van der Waals surface area contributed by atoms with Crippen LogP contribution in [-0.4, -0.2) is 45.7 Å². The second-order valence-electron chi connectivity index (χ2n) is 7.71. The number of carboxylic acids is 1. The van der Waals surface area contributed by atoms with Crippen molar-refractivity contribution in [2.75, 3.05) is 6.54 Å². The molecule has 172 valence electrons. The molecule has 34 heavy (non-hydrogen) atoms. The minimum absolute atomic E-state index is 0.0536. The van der Waals surface area contributed by atoms with Gasteiger partial charge in [0.15, 0.2) is 0 Å². The number of aromatic carboxylic acids is 1. The van der Waals surface area contributed by atoms with E-state index in [-0.39, 0.29) is 16.6 Å². The first-order valence-corrected chi connectivity index (χ1v) is 10.8. The Hall–Kier alpha value is -4.17. The number of nitrogens with zero attached hydrogens (tertiary/aromatic N) is 1. The van der Waals surface area contributed by atoms with E-state index < -0.39 is 30.4 Å². The van der Waals surface area contributed by atoms with E-state index in [1.54, 1.807) is 42.5 Å². The van der Waals surface area contributed by atoms with E-state index in [4.69, 9.17) is 16.7 Å². The molecule has 9 heteroatoms. The van der Waals surface area contributed by atoms with Crippen molar-refractivity contribution in [3.63, 3.8) is 0 Å². The maximum absolute atomic E-state index is 12.7. The molecule has 0 radical (unpaired) electrons. The third-order valence-electron chi connectivity index (χ3n) is 5.26. The standard InChI is InChI=1S/C25H20ClN3O5/c26-19-8-10-20(11-9-19)27-22(30)14-29-23(31)21(28-25(29)34)13-15-2-1-3-18(12-15)16-4-6-17(7-5-16)24(32)33/h1-8,10-13,19H,9,14H2,(H,27,30)(H,28,34)(H,32,33). The molecule has 4 rings (SSSR count). The molecule has 8 nitrogen and oxygen atoms in total. The highest BCUT2D eigenvalue weighted by Crippen LogP contribution is 2.23. The smallest absolute Gasteiger partial charge is 0.335 e. The van der Waals surface area contributed by atoms with Crippen LogP contribution in [0.15, 0.2) is 78.2 Å². The Morgan fingerprint density at radius 3 is 2.59 bits per heavy atom. The zero-order valence-electron chi connectivity index (χ0n) is 17.8. The van der Waals surface area contributed by atoms with Gasteiger partial charge in [-0.1, -0.05) is 42.5 Å². The van der Waals surface area contributed by atoms with Gasteiger partial charge in [-0.15, -0.1) is 11.6 Å². The molecule has 0 bridgehead atoms. The Bertz CT molecular complexity index is 1260.